The molecule has 0 radical (unpaired) electrons. The van der Waals surface area contributed by atoms with Crippen LogP contribution in [0.2, 0.25) is 5.02 Å². The van der Waals surface area contributed by atoms with Gasteiger partial charge in [-0.15, -0.1) is 0 Å². The summed E-state index contributed by atoms with van der Waals surface area (Å²) in [4.78, 5) is 24.7. The molecule has 1 saturated heterocycles. The molecule has 1 amide bonds. The minimum absolute atomic E-state index is 0.0456. The Balaban J connectivity index is 1.64. The van der Waals surface area contributed by atoms with Crippen LogP contribution in [0, 0.1) is 5.82 Å². The van der Waals surface area contributed by atoms with Gasteiger partial charge in [0.1, 0.15) is 11.1 Å². The number of piperazine rings is 1. The SMILES string of the molecule is CC1CN(C(=O)OC(C)(C)C)CCN1c1nc2c(F)c(Cl)cc(-c3ccccn3)c2o1. The van der Waals surface area contributed by atoms with E-state index in [4.69, 9.17) is 20.8 Å². The van der Waals surface area contributed by atoms with E-state index in [0.29, 0.717) is 30.9 Å². The molecule has 1 aliphatic heterocycles. The third-order valence-corrected chi connectivity index (χ3v) is 5.29. The Hall–Kier alpha value is -2.87. The standard InChI is InChI=1S/C22H24ClFN4O3/c1-13-12-27(21(29)31-22(2,3)4)9-10-28(13)20-26-18-17(24)15(23)11-14(19(18)30-20)16-7-5-6-8-25-16/h5-8,11,13H,9-10,12H2,1-4H3. The predicted octanol–water partition coefficient (Wildman–Crippen LogP) is 5.13. The smallest absolute Gasteiger partial charge is 0.410 e. The Labute approximate surface area is 184 Å². The molecular formula is C22H24ClFN4O3. The Bertz CT molecular complexity index is 1110. The van der Waals surface area contributed by atoms with Crippen molar-refractivity contribution in [1.82, 2.24) is 14.9 Å². The first kappa shape index (κ1) is 21.4. The van der Waals surface area contributed by atoms with Crippen LogP contribution >= 0.6 is 11.6 Å². The second kappa shape index (κ2) is 8.00. The van der Waals surface area contributed by atoms with Crippen LogP contribution in [0.3, 0.4) is 0 Å². The molecule has 0 spiro atoms. The van der Waals surface area contributed by atoms with Crippen molar-refractivity contribution in [2.24, 2.45) is 0 Å². The number of aromatic nitrogens is 2. The lowest BCUT2D eigenvalue weighted by Gasteiger charge is -2.39. The van der Waals surface area contributed by atoms with E-state index in [1.165, 1.54) is 6.07 Å². The highest BCUT2D eigenvalue weighted by molar-refractivity contribution is 6.32. The van der Waals surface area contributed by atoms with Crippen LogP contribution in [-0.2, 0) is 4.74 Å². The van der Waals surface area contributed by atoms with Crippen molar-refractivity contribution in [2.45, 2.75) is 39.3 Å². The Morgan fingerprint density at radius 3 is 2.74 bits per heavy atom. The van der Waals surface area contributed by atoms with Crippen molar-refractivity contribution in [3.8, 4) is 11.3 Å². The van der Waals surface area contributed by atoms with Crippen LogP contribution in [-0.4, -0.2) is 52.2 Å². The van der Waals surface area contributed by atoms with Crippen molar-refractivity contribution in [3.63, 3.8) is 0 Å². The van der Waals surface area contributed by atoms with E-state index in [2.05, 4.69) is 9.97 Å². The average Bonchev–Trinajstić information content (AvgIpc) is 3.15. The number of carbonyl (C=O) groups excluding carboxylic acids is 1. The molecule has 1 fully saturated rings. The van der Waals surface area contributed by atoms with E-state index in [1.807, 2.05) is 38.7 Å². The minimum atomic E-state index is -0.633. The Morgan fingerprint density at radius 2 is 2.10 bits per heavy atom. The lowest BCUT2D eigenvalue weighted by atomic mass is 10.1. The van der Waals surface area contributed by atoms with Crippen LogP contribution in [0.1, 0.15) is 27.7 Å². The molecule has 31 heavy (non-hydrogen) atoms. The fourth-order valence-corrected chi connectivity index (χ4v) is 3.78. The van der Waals surface area contributed by atoms with Crippen molar-refractivity contribution in [3.05, 3.63) is 41.3 Å². The highest BCUT2D eigenvalue weighted by Crippen LogP contribution is 2.36. The Kier molecular flexibility index (Phi) is 5.51. The predicted molar refractivity (Wildman–Crippen MR) is 117 cm³/mol. The van der Waals surface area contributed by atoms with Crippen molar-refractivity contribution < 1.29 is 18.3 Å². The monoisotopic (exact) mass is 446 g/mol. The van der Waals surface area contributed by atoms with Gasteiger partial charge in [-0.2, -0.15) is 4.98 Å². The molecule has 4 rings (SSSR count). The zero-order valence-corrected chi connectivity index (χ0v) is 18.6. The summed E-state index contributed by atoms with van der Waals surface area (Å²) in [5.74, 6) is -0.633. The maximum absolute atomic E-state index is 14.7. The van der Waals surface area contributed by atoms with Gasteiger partial charge in [0.05, 0.1) is 10.7 Å². The molecule has 0 aliphatic carbocycles. The van der Waals surface area contributed by atoms with Crippen LogP contribution in [0.25, 0.3) is 22.4 Å². The summed E-state index contributed by atoms with van der Waals surface area (Å²) >= 11 is 6.12. The molecule has 1 aliphatic rings. The largest absolute Gasteiger partial charge is 0.444 e. The number of oxazole rings is 1. The van der Waals surface area contributed by atoms with E-state index < -0.39 is 11.4 Å². The molecule has 0 N–H and O–H groups in total. The normalized spacial score (nSPS) is 17.3. The van der Waals surface area contributed by atoms with E-state index in [1.54, 1.807) is 23.2 Å². The number of hydrogen-bond donors (Lipinski definition) is 0. The number of fused-ring (bicyclic) bond motifs is 1. The van der Waals surface area contributed by atoms with Gasteiger partial charge in [-0.1, -0.05) is 17.7 Å². The summed E-state index contributed by atoms with van der Waals surface area (Å²) in [6, 6.07) is 7.11. The minimum Gasteiger partial charge on any atom is -0.444 e. The number of nitrogens with zero attached hydrogens (tertiary/aromatic N) is 4. The zero-order chi connectivity index (χ0) is 22.3. The van der Waals surface area contributed by atoms with Crippen molar-refractivity contribution in [2.75, 3.05) is 24.5 Å². The van der Waals surface area contributed by atoms with Gasteiger partial charge < -0.3 is 19.0 Å². The average molecular weight is 447 g/mol. The number of rotatable bonds is 2. The third kappa shape index (κ3) is 4.30. The third-order valence-electron chi connectivity index (χ3n) is 5.01. The number of halogens is 2. The molecule has 0 saturated carbocycles. The van der Waals surface area contributed by atoms with Gasteiger partial charge in [0, 0.05) is 37.4 Å². The lowest BCUT2D eigenvalue weighted by Crippen LogP contribution is -2.54. The number of amides is 1. The molecule has 0 bridgehead atoms. The number of pyridine rings is 1. The van der Waals surface area contributed by atoms with E-state index in [-0.39, 0.29) is 34.3 Å². The summed E-state index contributed by atoms with van der Waals surface area (Å²) in [5, 5.41) is -0.0456. The number of anilines is 1. The summed E-state index contributed by atoms with van der Waals surface area (Å²) in [7, 11) is 0. The second-order valence-corrected chi connectivity index (χ2v) is 8.99. The van der Waals surface area contributed by atoms with Crippen molar-refractivity contribution >= 4 is 34.8 Å². The number of benzene rings is 1. The highest BCUT2D eigenvalue weighted by atomic mass is 35.5. The molecule has 1 atom stereocenters. The summed E-state index contributed by atoms with van der Waals surface area (Å²) in [6.07, 6.45) is 1.29. The molecule has 7 nitrogen and oxygen atoms in total. The summed E-state index contributed by atoms with van der Waals surface area (Å²) < 4.78 is 26.2. The fraction of sp³-hybridized carbons (Fsp3) is 0.409. The quantitative estimate of drug-likeness (QED) is 0.543. The van der Waals surface area contributed by atoms with Crippen LogP contribution < -0.4 is 4.90 Å². The zero-order valence-electron chi connectivity index (χ0n) is 17.9. The van der Waals surface area contributed by atoms with Gasteiger partial charge in [-0.25, -0.2) is 9.18 Å². The molecule has 1 unspecified atom stereocenters. The molecular weight excluding hydrogens is 423 g/mol. The first-order valence-corrected chi connectivity index (χ1v) is 10.5. The van der Waals surface area contributed by atoms with Crippen LogP contribution in [0.15, 0.2) is 34.9 Å². The van der Waals surface area contributed by atoms with E-state index in [0.717, 1.165) is 0 Å². The summed E-state index contributed by atoms with van der Waals surface area (Å²) in [6.45, 7) is 8.81. The second-order valence-electron chi connectivity index (χ2n) is 8.58. The number of hydrogen-bond acceptors (Lipinski definition) is 6. The molecule has 3 aromatic rings. The molecule has 1 aromatic carbocycles. The number of carbonyl (C=O) groups is 1. The molecule has 3 heterocycles. The maximum Gasteiger partial charge on any atom is 0.410 e. The molecule has 164 valence electrons. The fourth-order valence-electron chi connectivity index (χ4n) is 3.58. The van der Waals surface area contributed by atoms with E-state index in [9.17, 15) is 9.18 Å². The van der Waals surface area contributed by atoms with E-state index >= 15 is 0 Å². The topological polar surface area (TPSA) is 71.7 Å². The van der Waals surface area contributed by atoms with Gasteiger partial charge >= 0.3 is 6.09 Å². The lowest BCUT2D eigenvalue weighted by molar-refractivity contribution is 0.0216. The van der Waals surface area contributed by atoms with Gasteiger partial charge in [0.15, 0.2) is 11.4 Å². The summed E-state index contributed by atoms with van der Waals surface area (Å²) in [5.41, 5.74) is 0.971. The Morgan fingerprint density at radius 1 is 1.32 bits per heavy atom. The first-order chi connectivity index (χ1) is 14.6. The van der Waals surface area contributed by atoms with Crippen LogP contribution in [0.5, 0.6) is 0 Å². The van der Waals surface area contributed by atoms with Crippen LogP contribution in [0.4, 0.5) is 15.2 Å². The molecule has 2 aromatic heterocycles. The van der Waals surface area contributed by atoms with Gasteiger partial charge in [-0.05, 0) is 45.9 Å². The van der Waals surface area contributed by atoms with Crippen molar-refractivity contribution in [1.29, 1.82) is 0 Å². The maximum atomic E-state index is 14.7. The number of ether oxygens (including phenoxy) is 1. The van der Waals surface area contributed by atoms with Gasteiger partial charge in [0.2, 0.25) is 0 Å². The van der Waals surface area contributed by atoms with Gasteiger partial charge in [0.25, 0.3) is 6.01 Å². The highest BCUT2D eigenvalue weighted by Gasteiger charge is 2.32. The van der Waals surface area contributed by atoms with Gasteiger partial charge in [-0.3, -0.25) is 4.98 Å². The molecule has 9 heteroatoms. The first-order valence-electron chi connectivity index (χ1n) is 10.1.